The molecule has 3 nitrogen and oxygen atoms in total. The minimum absolute atomic E-state index is 0.0457. The lowest BCUT2D eigenvalue weighted by Gasteiger charge is -2.24. The van der Waals surface area contributed by atoms with Crippen LogP contribution in [0.1, 0.15) is 17.2 Å². The Morgan fingerprint density at radius 3 is 2.94 bits per heavy atom. The maximum atomic E-state index is 12.2. The van der Waals surface area contributed by atoms with E-state index in [4.69, 9.17) is 4.74 Å². The fourth-order valence-electron chi connectivity index (χ4n) is 1.84. The van der Waals surface area contributed by atoms with E-state index in [2.05, 4.69) is 10.1 Å². The van der Waals surface area contributed by atoms with Gasteiger partial charge in [-0.2, -0.15) is 8.78 Å². The van der Waals surface area contributed by atoms with Crippen LogP contribution in [0.4, 0.5) is 8.78 Å². The molecule has 1 unspecified atom stereocenters. The summed E-state index contributed by atoms with van der Waals surface area (Å²) in [5.74, 6) is 0.227. The Morgan fingerprint density at radius 2 is 2.29 bits per heavy atom. The van der Waals surface area contributed by atoms with E-state index in [-0.39, 0.29) is 11.8 Å². The predicted molar refractivity (Wildman–Crippen MR) is 59.4 cm³/mol. The Morgan fingerprint density at radius 1 is 1.47 bits per heavy atom. The van der Waals surface area contributed by atoms with Gasteiger partial charge in [0.1, 0.15) is 5.75 Å². The summed E-state index contributed by atoms with van der Waals surface area (Å²) in [5, 5.41) is 3.27. The third-order valence-corrected chi connectivity index (χ3v) is 2.75. The zero-order valence-electron chi connectivity index (χ0n) is 9.58. The highest BCUT2D eigenvalue weighted by molar-refractivity contribution is 5.38. The molecular weight excluding hydrogens is 228 g/mol. The molecule has 0 spiro atoms. The van der Waals surface area contributed by atoms with Gasteiger partial charge in [0.15, 0.2) is 0 Å². The molecule has 0 bridgehead atoms. The van der Waals surface area contributed by atoms with E-state index < -0.39 is 6.61 Å². The van der Waals surface area contributed by atoms with Crippen molar-refractivity contribution in [3.8, 4) is 5.75 Å². The fourth-order valence-corrected chi connectivity index (χ4v) is 1.84. The molecule has 1 aromatic rings. The van der Waals surface area contributed by atoms with Crippen molar-refractivity contribution in [2.75, 3.05) is 19.8 Å². The third-order valence-electron chi connectivity index (χ3n) is 2.75. The average Bonchev–Trinajstić information content (AvgIpc) is 2.32. The van der Waals surface area contributed by atoms with Gasteiger partial charge in [-0.1, -0.05) is 12.1 Å². The summed E-state index contributed by atoms with van der Waals surface area (Å²) >= 11 is 0. The number of ether oxygens (including phenoxy) is 2. The first-order valence-electron chi connectivity index (χ1n) is 5.53. The lowest BCUT2D eigenvalue weighted by molar-refractivity contribution is -0.0503. The molecule has 2 rings (SSSR count). The van der Waals surface area contributed by atoms with Crippen LogP contribution < -0.4 is 10.1 Å². The summed E-state index contributed by atoms with van der Waals surface area (Å²) in [6.45, 7) is 0.954. The highest BCUT2D eigenvalue weighted by Crippen LogP contribution is 2.25. The van der Waals surface area contributed by atoms with E-state index >= 15 is 0 Å². The molecule has 94 valence electrons. The topological polar surface area (TPSA) is 30.5 Å². The zero-order chi connectivity index (χ0) is 12.3. The number of morpholine rings is 1. The summed E-state index contributed by atoms with van der Waals surface area (Å²) in [6.07, 6.45) is 0. The van der Waals surface area contributed by atoms with E-state index in [0.717, 1.165) is 12.1 Å². The molecule has 1 aliphatic heterocycles. The van der Waals surface area contributed by atoms with Gasteiger partial charge < -0.3 is 14.8 Å². The zero-order valence-corrected chi connectivity index (χ0v) is 9.58. The first kappa shape index (κ1) is 12.3. The number of alkyl halides is 2. The van der Waals surface area contributed by atoms with Crippen LogP contribution in [0.15, 0.2) is 18.2 Å². The molecule has 0 radical (unpaired) electrons. The van der Waals surface area contributed by atoms with Crippen LogP contribution in [0.25, 0.3) is 0 Å². The SMILES string of the molecule is Cc1ccc(C2COCCN2)cc1OC(F)F. The van der Waals surface area contributed by atoms with Crippen molar-refractivity contribution >= 4 is 0 Å². The number of nitrogens with one attached hydrogen (secondary N) is 1. The van der Waals surface area contributed by atoms with E-state index in [1.807, 2.05) is 6.07 Å². The summed E-state index contributed by atoms with van der Waals surface area (Å²) in [5.41, 5.74) is 1.61. The smallest absolute Gasteiger partial charge is 0.387 e. The van der Waals surface area contributed by atoms with Gasteiger partial charge in [0.05, 0.1) is 19.3 Å². The number of hydrogen-bond acceptors (Lipinski definition) is 3. The van der Waals surface area contributed by atoms with Crippen LogP contribution in [0.3, 0.4) is 0 Å². The monoisotopic (exact) mass is 243 g/mol. The van der Waals surface area contributed by atoms with Crippen molar-refractivity contribution in [3.05, 3.63) is 29.3 Å². The molecule has 0 aliphatic carbocycles. The van der Waals surface area contributed by atoms with Crippen molar-refractivity contribution in [1.82, 2.24) is 5.32 Å². The molecule has 0 saturated carbocycles. The molecule has 0 aromatic heterocycles. The normalized spacial score (nSPS) is 20.6. The van der Waals surface area contributed by atoms with Crippen LogP contribution in [0, 0.1) is 6.92 Å². The Kier molecular flexibility index (Phi) is 3.91. The standard InChI is InChI=1S/C12H15F2NO2/c1-8-2-3-9(6-11(8)17-12(13)14)10-7-16-5-4-15-10/h2-3,6,10,12,15H,4-5,7H2,1H3. The molecule has 1 heterocycles. The van der Waals surface area contributed by atoms with E-state index in [1.165, 1.54) is 0 Å². The van der Waals surface area contributed by atoms with Crippen molar-refractivity contribution in [1.29, 1.82) is 0 Å². The van der Waals surface area contributed by atoms with Gasteiger partial charge in [-0.05, 0) is 24.1 Å². The number of aryl methyl sites for hydroxylation is 1. The van der Waals surface area contributed by atoms with Gasteiger partial charge in [-0.25, -0.2) is 0 Å². The van der Waals surface area contributed by atoms with Gasteiger partial charge in [-0.15, -0.1) is 0 Å². The molecule has 1 fully saturated rings. The Labute approximate surface area is 98.7 Å². The summed E-state index contributed by atoms with van der Waals surface area (Å²) < 4.78 is 34.2. The van der Waals surface area contributed by atoms with Gasteiger partial charge in [-0.3, -0.25) is 0 Å². The number of halogens is 2. The van der Waals surface area contributed by atoms with Crippen molar-refractivity contribution < 1.29 is 18.3 Å². The molecule has 1 saturated heterocycles. The molecular formula is C12H15F2NO2. The van der Waals surface area contributed by atoms with E-state index in [1.54, 1.807) is 19.1 Å². The maximum absolute atomic E-state index is 12.2. The minimum atomic E-state index is -2.79. The van der Waals surface area contributed by atoms with Crippen LogP contribution in [-0.4, -0.2) is 26.4 Å². The van der Waals surface area contributed by atoms with Gasteiger partial charge in [0, 0.05) is 6.54 Å². The van der Waals surface area contributed by atoms with Gasteiger partial charge in [0.2, 0.25) is 0 Å². The second-order valence-electron chi connectivity index (χ2n) is 3.99. The lowest BCUT2D eigenvalue weighted by Crippen LogP contribution is -2.34. The first-order chi connectivity index (χ1) is 8.16. The van der Waals surface area contributed by atoms with E-state index in [0.29, 0.717) is 18.8 Å². The number of rotatable bonds is 3. The highest BCUT2D eigenvalue weighted by Gasteiger charge is 2.17. The molecule has 1 aromatic carbocycles. The quantitative estimate of drug-likeness (QED) is 0.883. The minimum Gasteiger partial charge on any atom is -0.435 e. The molecule has 1 aliphatic rings. The summed E-state index contributed by atoms with van der Waals surface area (Å²) in [7, 11) is 0. The van der Waals surface area contributed by atoms with Crippen molar-refractivity contribution in [3.63, 3.8) is 0 Å². The third kappa shape index (κ3) is 3.14. The summed E-state index contributed by atoms with van der Waals surface area (Å²) in [4.78, 5) is 0. The highest BCUT2D eigenvalue weighted by atomic mass is 19.3. The van der Waals surface area contributed by atoms with Crippen molar-refractivity contribution in [2.45, 2.75) is 19.6 Å². The van der Waals surface area contributed by atoms with Crippen LogP contribution >= 0.6 is 0 Å². The summed E-state index contributed by atoms with van der Waals surface area (Å²) in [6, 6.07) is 5.38. The Bertz CT molecular complexity index is 379. The van der Waals surface area contributed by atoms with Gasteiger partial charge in [0.25, 0.3) is 0 Å². The Hall–Kier alpha value is -1.20. The molecule has 1 atom stereocenters. The fraction of sp³-hybridized carbons (Fsp3) is 0.500. The average molecular weight is 243 g/mol. The second kappa shape index (κ2) is 5.42. The van der Waals surface area contributed by atoms with E-state index in [9.17, 15) is 8.78 Å². The molecule has 17 heavy (non-hydrogen) atoms. The molecule has 1 N–H and O–H groups in total. The van der Waals surface area contributed by atoms with Crippen molar-refractivity contribution in [2.24, 2.45) is 0 Å². The lowest BCUT2D eigenvalue weighted by atomic mass is 10.0. The van der Waals surface area contributed by atoms with Crippen LogP contribution in [0.2, 0.25) is 0 Å². The molecule has 0 amide bonds. The largest absolute Gasteiger partial charge is 0.435 e. The van der Waals surface area contributed by atoms with Crippen LogP contribution in [0.5, 0.6) is 5.75 Å². The van der Waals surface area contributed by atoms with Gasteiger partial charge >= 0.3 is 6.61 Å². The Balaban J connectivity index is 2.17. The maximum Gasteiger partial charge on any atom is 0.387 e. The number of benzene rings is 1. The van der Waals surface area contributed by atoms with Crippen LogP contribution in [-0.2, 0) is 4.74 Å². The second-order valence-corrected chi connectivity index (χ2v) is 3.99. The number of hydrogen-bond donors (Lipinski definition) is 1. The first-order valence-corrected chi connectivity index (χ1v) is 5.53. The predicted octanol–water partition coefficient (Wildman–Crippen LogP) is 2.26. The molecule has 5 heteroatoms.